The molecule has 0 saturated carbocycles. The molecule has 3 rings (SSSR count). The summed E-state index contributed by atoms with van der Waals surface area (Å²) in [6.07, 6.45) is 4.29. The summed E-state index contributed by atoms with van der Waals surface area (Å²) in [6.45, 7) is 1.48. The second-order valence-corrected chi connectivity index (χ2v) is 6.86. The lowest BCUT2D eigenvalue weighted by Gasteiger charge is -2.28. The van der Waals surface area contributed by atoms with Gasteiger partial charge in [0.25, 0.3) is 11.4 Å². The maximum atomic E-state index is 12.6. The lowest BCUT2D eigenvalue weighted by molar-refractivity contribution is -0.384. The van der Waals surface area contributed by atoms with Gasteiger partial charge >= 0.3 is 0 Å². The summed E-state index contributed by atoms with van der Waals surface area (Å²) in [6, 6.07) is 11.4. The van der Waals surface area contributed by atoms with E-state index in [0.29, 0.717) is 11.3 Å². The predicted molar refractivity (Wildman–Crippen MR) is 110 cm³/mol. The fourth-order valence-corrected chi connectivity index (χ4v) is 3.41. The van der Waals surface area contributed by atoms with E-state index < -0.39 is 15.6 Å². The summed E-state index contributed by atoms with van der Waals surface area (Å²) in [5.41, 5.74) is 0.218. The molecule has 0 N–H and O–H groups in total. The highest BCUT2D eigenvalue weighted by Gasteiger charge is 2.22. The van der Waals surface area contributed by atoms with Crippen molar-refractivity contribution >= 4 is 28.9 Å². The van der Waals surface area contributed by atoms with Gasteiger partial charge in [0.1, 0.15) is 17.3 Å². The number of allylic oxidation sites excluding steroid dienone is 1. The molecule has 0 aromatic heterocycles. The van der Waals surface area contributed by atoms with Crippen molar-refractivity contribution in [2.24, 2.45) is 0 Å². The second kappa shape index (κ2) is 8.96. The summed E-state index contributed by atoms with van der Waals surface area (Å²) in [4.78, 5) is 36.0. The Morgan fingerprint density at radius 2 is 1.77 bits per heavy atom. The van der Waals surface area contributed by atoms with Crippen LogP contribution >= 0.6 is 0 Å². The number of carbonyl (C=O) groups is 1. The van der Waals surface area contributed by atoms with Gasteiger partial charge in [0.05, 0.1) is 9.85 Å². The van der Waals surface area contributed by atoms with Crippen molar-refractivity contribution in [1.29, 1.82) is 5.26 Å². The Morgan fingerprint density at radius 1 is 1.03 bits per heavy atom. The molecule has 1 aliphatic rings. The van der Waals surface area contributed by atoms with Gasteiger partial charge in [-0.1, -0.05) is 18.2 Å². The van der Waals surface area contributed by atoms with Crippen molar-refractivity contribution in [2.75, 3.05) is 18.0 Å². The molecule has 0 bridgehead atoms. The van der Waals surface area contributed by atoms with Crippen LogP contribution in [0.2, 0.25) is 0 Å². The number of nitro benzene ring substituents is 2. The van der Waals surface area contributed by atoms with Crippen LogP contribution < -0.4 is 4.90 Å². The van der Waals surface area contributed by atoms with Gasteiger partial charge in [-0.25, -0.2) is 0 Å². The van der Waals surface area contributed by atoms with Crippen molar-refractivity contribution in [3.05, 3.63) is 79.4 Å². The highest BCUT2D eigenvalue weighted by molar-refractivity contribution is 6.14. The lowest BCUT2D eigenvalue weighted by atomic mass is 10.0. The van der Waals surface area contributed by atoms with Crippen molar-refractivity contribution in [3.63, 3.8) is 0 Å². The van der Waals surface area contributed by atoms with E-state index >= 15 is 0 Å². The molecule has 1 fully saturated rings. The zero-order valence-electron chi connectivity index (χ0n) is 16.0. The highest BCUT2D eigenvalue weighted by Crippen LogP contribution is 2.32. The Balaban J connectivity index is 1.95. The molecule has 2 aromatic carbocycles. The topological polar surface area (TPSA) is 130 Å². The van der Waals surface area contributed by atoms with Crippen molar-refractivity contribution < 1.29 is 14.6 Å². The van der Waals surface area contributed by atoms with Crippen LogP contribution in [0.1, 0.15) is 35.2 Å². The number of ketones is 1. The van der Waals surface area contributed by atoms with Gasteiger partial charge < -0.3 is 4.90 Å². The Bertz CT molecular complexity index is 1080. The van der Waals surface area contributed by atoms with Gasteiger partial charge in [-0.2, -0.15) is 5.26 Å². The summed E-state index contributed by atoms with van der Waals surface area (Å²) >= 11 is 0. The van der Waals surface area contributed by atoms with Crippen LogP contribution in [-0.4, -0.2) is 28.7 Å². The first kappa shape index (κ1) is 20.7. The molecule has 1 aliphatic heterocycles. The van der Waals surface area contributed by atoms with Crippen molar-refractivity contribution in [1.82, 2.24) is 0 Å². The van der Waals surface area contributed by atoms with Crippen LogP contribution in [-0.2, 0) is 0 Å². The minimum Gasteiger partial charge on any atom is -0.366 e. The Morgan fingerprint density at radius 3 is 2.40 bits per heavy atom. The monoisotopic (exact) mass is 406 g/mol. The van der Waals surface area contributed by atoms with Crippen LogP contribution in [0.3, 0.4) is 0 Å². The Kier molecular flexibility index (Phi) is 6.17. The van der Waals surface area contributed by atoms with Crippen LogP contribution in [0.4, 0.5) is 17.1 Å². The Hall–Kier alpha value is -4.06. The SMILES string of the molecule is N#C/C(=C/c1ccc(N2CCCCC2)c([N+](=O)[O-])c1)C(=O)c1cccc([N+](=O)[O-])c1. The van der Waals surface area contributed by atoms with E-state index in [0.717, 1.165) is 38.4 Å². The lowest BCUT2D eigenvalue weighted by Crippen LogP contribution is -2.29. The second-order valence-electron chi connectivity index (χ2n) is 6.86. The average molecular weight is 406 g/mol. The number of hydrogen-bond donors (Lipinski definition) is 0. The van der Waals surface area contributed by atoms with Gasteiger partial charge in [-0.15, -0.1) is 0 Å². The van der Waals surface area contributed by atoms with E-state index in [-0.39, 0.29) is 22.5 Å². The zero-order chi connectivity index (χ0) is 21.7. The molecule has 0 unspecified atom stereocenters. The van der Waals surface area contributed by atoms with E-state index in [9.17, 15) is 30.3 Å². The van der Waals surface area contributed by atoms with Gasteiger partial charge in [0.2, 0.25) is 5.78 Å². The van der Waals surface area contributed by atoms with E-state index in [1.54, 1.807) is 18.2 Å². The quantitative estimate of drug-likeness (QED) is 0.230. The van der Waals surface area contributed by atoms with E-state index in [2.05, 4.69) is 0 Å². The molecule has 1 saturated heterocycles. The van der Waals surface area contributed by atoms with Gasteiger partial charge in [0, 0.05) is 36.9 Å². The Labute approximate surface area is 172 Å². The van der Waals surface area contributed by atoms with Crippen molar-refractivity contribution in [3.8, 4) is 6.07 Å². The molecule has 1 heterocycles. The maximum absolute atomic E-state index is 12.6. The number of non-ortho nitro benzene ring substituents is 1. The summed E-state index contributed by atoms with van der Waals surface area (Å²) in [5.74, 6) is -0.691. The molecule has 0 amide bonds. The third kappa shape index (κ3) is 4.50. The molecule has 0 radical (unpaired) electrons. The summed E-state index contributed by atoms with van der Waals surface area (Å²) in [5, 5.41) is 31.9. The molecule has 2 aromatic rings. The minimum atomic E-state index is -0.691. The number of anilines is 1. The highest BCUT2D eigenvalue weighted by atomic mass is 16.6. The largest absolute Gasteiger partial charge is 0.366 e. The zero-order valence-corrected chi connectivity index (χ0v) is 16.0. The first-order valence-electron chi connectivity index (χ1n) is 9.35. The minimum absolute atomic E-state index is 0.00330. The number of carbonyl (C=O) groups excluding carboxylic acids is 1. The fourth-order valence-electron chi connectivity index (χ4n) is 3.41. The summed E-state index contributed by atoms with van der Waals surface area (Å²) in [7, 11) is 0. The van der Waals surface area contributed by atoms with Crippen LogP contribution in [0.25, 0.3) is 6.08 Å². The molecule has 9 heteroatoms. The van der Waals surface area contributed by atoms with Crippen LogP contribution in [0.5, 0.6) is 0 Å². The molecule has 9 nitrogen and oxygen atoms in total. The van der Waals surface area contributed by atoms with E-state index in [1.165, 1.54) is 30.3 Å². The number of piperidine rings is 1. The molecule has 30 heavy (non-hydrogen) atoms. The standard InChI is InChI=1S/C21H18N4O5/c22-14-17(21(26)16-5-4-6-18(13-16)24(27)28)11-15-7-8-19(20(12-15)25(29)30)23-9-2-1-3-10-23/h4-8,11-13H,1-3,9-10H2/b17-11-. The number of rotatable bonds is 6. The fraction of sp³-hybridized carbons (Fsp3) is 0.238. The van der Waals surface area contributed by atoms with Gasteiger partial charge in [-0.3, -0.25) is 25.0 Å². The number of hydrogen-bond acceptors (Lipinski definition) is 7. The number of nitriles is 1. The molecular formula is C21H18N4O5. The molecule has 152 valence electrons. The first-order valence-corrected chi connectivity index (χ1v) is 9.35. The normalized spacial score (nSPS) is 14.1. The van der Waals surface area contributed by atoms with Gasteiger partial charge in [-0.05, 0) is 37.0 Å². The summed E-state index contributed by atoms with van der Waals surface area (Å²) < 4.78 is 0. The third-order valence-corrected chi connectivity index (χ3v) is 4.89. The van der Waals surface area contributed by atoms with Gasteiger partial charge in [0.15, 0.2) is 0 Å². The molecule has 0 aliphatic carbocycles. The van der Waals surface area contributed by atoms with E-state index in [4.69, 9.17) is 0 Å². The smallest absolute Gasteiger partial charge is 0.293 e. The van der Waals surface area contributed by atoms with E-state index in [1.807, 2.05) is 4.90 Å². The number of nitrogens with zero attached hydrogens (tertiary/aromatic N) is 4. The third-order valence-electron chi connectivity index (χ3n) is 4.89. The van der Waals surface area contributed by atoms with Crippen LogP contribution in [0.15, 0.2) is 48.0 Å². The molecule has 0 atom stereocenters. The predicted octanol–water partition coefficient (Wildman–Crippen LogP) is 4.28. The maximum Gasteiger partial charge on any atom is 0.293 e. The number of benzene rings is 2. The first-order chi connectivity index (χ1) is 14.4. The number of Topliss-reactive ketones (excluding diaryl/α,β-unsaturated/α-hetero) is 1. The van der Waals surface area contributed by atoms with Crippen molar-refractivity contribution in [2.45, 2.75) is 19.3 Å². The molecular weight excluding hydrogens is 388 g/mol. The van der Waals surface area contributed by atoms with Crippen LogP contribution in [0, 0.1) is 31.6 Å². The molecule has 0 spiro atoms. The average Bonchev–Trinajstić information content (AvgIpc) is 2.77. The number of nitro groups is 2.